The summed E-state index contributed by atoms with van der Waals surface area (Å²) in [7, 11) is -2.85. The Balaban J connectivity index is 3.56. The highest BCUT2D eigenvalue weighted by Gasteiger charge is 2.18. The zero-order chi connectivity index (χ0) is 10.9. The largest absolute Gasteiger partial charge is 0.495 e. The van der Waals surface area contributed by atoms with Crippen molar-refractivity contribution in [2.75, 3.05) is 7.11 Å². The van der Waals surface area contributed by atoms with E-state index in [1.54, 1.807) is 19.9 Å². The molecular weight excluding hydrogens is 204 g/mol. The molecule has 1 aromatic carbocycles. The van der Waals surface area contributed by atoms with E-state index >= 15 is 0 Å². The maximum Gasteiger partial charge on any atom is 0.298 e. The molecule has 1 aromatic rings. The average Bonchev–Trinajstić information content (AvgIpc) is 2.01. The molecule has 0 aliphatic rings. The van der Waals surface area contributed by atoms with Crippen LogP contribution in [0.4, 0.5) is 0 Å². The lowest BCUT2D eigenvalue weighted by molar-refractivity contribution is 0.394. The van der Waals surface area contributed by atoms with Crippen molar-refractivity contribution in [1.29, 1.82) is 0 Å². The summed E-state index contributed by atoms with van der Waals surface area (Å²) in [6.45, 7) is 3.47. The quantitative estimate of drug-likeness (QED) is 0.762. The summed E-state index contributed by atoms with van der Waals surface area (Å²) in [5.74, 6) is 0.193. The Kier molecular flexibility index (Phi) is 2.82. The summed E-state index contributed by atoms with van der Waals surface area (Å²) in [5, 5.41) is 0. The van der Waals surface area contributed by atoms with Crippen molar-refractivity contribution < 1.29 is 17.7 Å². The number of benzene rings is 1. The molecule has 0 amide bonds. The predicted octanol–water partition coefficient (Wildman–Crippen LogP) is 1.56. The molecule has 1 N–H and O–H groups in total. The zero-order valence-corrected chi connectivity index (χ0v) is 9.05. The van der Waals surface area contributed by atoms with Crippen LogP contribution < -0.4 is 4.74 Å². The molecule has 0 aromatic heterocycles. The highest BCUT2D eigenvalue weighted by Crippen LogP contribution is 2.28. The summed E-state index contributed by atoms with van der Waals surface area (Å²) >= 11 is 0. The van der Waals surface area contributed by atoms with Crippen LogP contribution in [-0.4, -0.2) is 20.1 Å². The van der Waals surface area contributed by atoms with E-state index in [1.165, 1.54) is 13.2 Å². The molecule has 78 valence electrons. The first-order chi connectivity index (χ1) is 6.36. The Labute approximate surface area is 83.3 Å². The molecule has 1 rings (SSSR count). The number of hydrogen-bond donors (Lipinski definition) is 1. The Hall–Kier alpha value is -1.07. The van der Waals surface area contributed by atoms with Crippen molar-refractivity contribution in [3.8, 4) is 5.75 Å². The van der Waals surface area contributed by atoms with Crippen LogP contribution in [0.15, 0.2) is 17.0 Å². The Morgan fingerprint density at radius 3 is 2.29 bits per heavy atom. The van der Waals surface area contributed by atoms with E-state index in [-0.39, 0.29) is 10.6 Å². The fourth-order valence-electron chi connectivity index (χ4n) is 1.37. The smallest absolute Gasteiger partial charge is 0.298 e. The fourth-order valence-corrected chi connectivity index (χ4v) is 2.18. The van der Waals surface area contributed by atoms with E-state index in [2.05, 4.69) is 0 Å². The monoisotopic (exact) mass is 216 g/mol. The molecule has 0 radical (unpaired) electrons. The average molecular weight is 216 g/mol. The van der Waals surface area contributed by atoms with Gasteiger partial charge in [0.25, 0.3) is 10.1 Å². The first kappa shape index (κ1) is 11.0. The highest BCUT2D eigenvalue weighted by atomic mass is 32.2. The van der Waals surface area contributed by atoms with E-state index in [1.807, 2.05) is 0 Å². The van der Waals surface area contributed by atoms with Gasteiger partial charge in [-0.3, -0.25) is 4.55 Å². The van der Waals surface area contributed by atoms with Crippen molar-refractivity contribution >= 4 is 10.1 Å². The van der Waals surface area contributed by atoms with Crippen LogP contribution in [0.1, 0.15) is 11.1 Å². The van der Waals surface area contributed by atoms with Gasteiger partial charge in [0.1, 0.15) is 10.6 Å². The van der Waals surface area contributed by atoms with Gasteiger partial charge in [0.15, 0.2) is 0 Å². The molecule has 0 saturated heterocycles. The first-order valence-electron chi connectivity index (χ1n) is 3.99. The summed E-state index contributed by atoms with van der Waals surface area (Å²) in [6.07, 6.45) is 0. The van der Waals surface area contributed by atoms with Gasteiger partial charge < -0.3 is 4.74 Å². The summed E-state index contributed by atoms with van der Waals surface area (Å²) in [5.41, 5.74) is 1.44. The minimum Gasteiger partial charge on any atom is -0.495 e. The summed E-state index contributed by atoms with van der Waals surface area (Å²) < 4.78 is 35.8. The lowest BCUT2D eigenvalue weighted by atomic mass is 10.1. The van der Waals surface area contributed by atoms with Gasteiger partial charge in [0.05, 0.1) is 7.11 Å². The van der Waals surface area contributed by atoms with Gasteiger partial charge in [-0.2, -0.15) is 8.42 Å². The lowest BCUT2D eigenvalue weighted by Crippen LogP contribution is -2.03. The van der Waals surface area contributed by atoms with E-state index < -0.39 is 10.1 Å². The molecule has 0 aliphatic heterocycles. The van der Waals surface area contributed by atoms with E-state index in [9.17, 15) is 8.42 Å². The number of rotatable bonds is 2. The predicted molar refractivity (Wildman–Crippen MR) is 52.3 cm³/mol. The van der Waals surface area contributed by atoms with E-state index in [0.717, 1.165) is 5.56 Å². The van der Waals surface area contributed by atoms with Crippen LogP contribution in [0, 0.1) is 13.8 Å². The maximum atomic E-state index is 11.0. The molecule has 5 heteroatoms. The molecule has 0 atom stereocenters. The van der Waals surface area contributed by atoms with Crippen molar-refractivity contribution in [1.82, 2.24) is 0 Å². The third-order valence-electron chi connectivity index (χ3n) is 1.87. The van der Waals surface area contributed by atoms with Crippen molar-refractivity contribution in [2.45, 2.75) is 18.7 Å². The zero-order valence-electron chi connectivity index (χ0n) is 8.23. The normalized spacial score (nSPS) is 11.4. The molecule has 0 fully saturated rings. The SMILES string of the molecule is COc1c(C)cc(C)cc1S(=O)(=O)O. The topological polar surface area (TPSA) is 63.6 Å². The van der Waals surface area contributed by atoms with Gasteiger partial charge in [0.2, 0.25) is 0 Å². The van der Waals surface area contributed by atoms with Gasteiger partial charge in [-0.1, -0.05) is 6.07 Å². The number of ether oxygens (including phenoxy) is 1. The van der Waals surface area contributed by atoms with E-state index in [4.69, 9.17) is 9.29 Å². The minimum absolute atomic E-state index is 0.183. The first-order valence-corrected chi connectivity index (χ1v) is 5.43. The van der Waals surface area contributed by atoms with Crippen LogP contribution in [0.3, 0.4) is 0 Å². The molecule has 0 bridgehead atoms. The molecule has 0 spiro atoms. The molecule has 14 heavy (non-hydrogen) atoms. The second-order valence-corrected chi connectivity index (χ2v) is 4.48. The minimum atomic E-state index is -4.22. The molecule has 0 aliphatic carbocycles. The van der Waals surface area contributed by atoms with Crippen LogP contribution in [0.25, 0.3) is 0 Å². The fraction of sp³-hybridized carbons (Fsp3) is 0.333. The van der Waals surface area contributed by atoms with Crippen LogP contribution in [-0.2, 0) is 10.1 Å². The number of methoxy groups -OCH3 is 1. The summed E-state index contributed by atoms with van der Waals surface area (Å²) in [6, 6.07) is 3.16. The third-order valence-corrected chi connectivity index (χ3v) is 2.73. The second kappa shape index (κ2) is 3.59. The van der Waals surface area contributed by atoms with Crippen molar-refractivity contribution in [2.24, 2.45) is 0 Å². The Morgan fingerprint density at radius 1 is 1.29 bits per heavy atom. The van der Waals surface area contributed by atoms with Gasteiger partial charge in [-0.15, -0.1) is 0 Å². The summed E-state index contributed by atoms with van der Waals surface area (Å²) in [4.78, 5) is -0.183. The van der Waals surface area contributed by atoms with Crippen LogP contribution in [0.2, 0.25) is 0 Å². The Morgan fingerprint density at radius 2 is 1.86 bits per heavy atom. The molecule has 0 unspecified atom stereocenters. The van der Waals surface area contributed by atoms with Gasteiger partial charge in [-0.25, -0.2) is 0 Å². The number of aryl methyl sites for hydroxylation is 2. The standard InChI is InChI=1S/C9H12O4S/c1-6-4-7(2)9(13-3)8(5-6)14(10,11)12/h4-5H,1-3H3,(H,10,11,12). The van der Waals surface area contributed by atoms with Crippen LogP contribution in [0.5, 0.6) is 5.75 Å². The Bertz CT molecular complexity index is 448. The lowest BCUT2D eigenvalue weighted by Gasteiger charge is -2.09. The van der Waals surface area contributed by atoms with Crippen molar-refractivity contribution in [3.05, 3.63) is 23.3 Å². The van der Waals surface area contributed by atoms with E-state index in [0.29, 0.717) is 5.56 Å². The van der Waals surface area contributed by atoms with Gasteiger partial charge in [0, 0.05) is 0 Å². The second-order valence-electron chi connectivity index (χ2n) is 3.09. The molecular formula is C9H12O4S. The number of hydrogen-bond acceptors (Lipinski definition) is 3. The molecule has 0 heterocycles. The highest BCUT2D eigenvalue weighted by molar-refractivity contribution is 7.86. The molecule has 0 saturated carbocycles. The third kappa shape index (κ3) is 2.05. The van der Waals surface area contributed by atoms with Gasteiger partial charge >= 0.3 is 0 Å². The van der Waals surface area contributed by atoms with Gasteiger partial charge in [-0.05, 0) is 31.0 Å². The maximum absolute atomic E-state index is 11.0. The molecule has 4 nitrogen and oxygen atoms in total. The van der Waals surface area contributed by atoms with Crippen LogP contribution >= 0.6 is 0 Å². The van der Waals surface area contributed by atoms with Crippen molar-refractivity contribution in [3.63, 3.8) is 0 Å².